The Labute approximate surface area is 297 Å². The molecule has 0 amide bonds. The third-order valence-corrected chi connectivity index (χ3v) is 12.4. The highest BCUT2D eigenvalue weighted by Gasteiger charge is 2.52. The van der Waals surface area contributed by atoms with Gasteiger partial charge in [0, 0.05) is 10.8 Å². The van der Waals surface area contributed by atoms with Gasteiger partial charge in [-0.05, 0) is 99.9 Å². The molecule has 0 radical (unpaired) electrons. The van der Waals surface area contributed by atoms with E-state index in [0.717, 1.165) is 5.46 Å². The van der Waals surface area contributed by atoms with E-state index in [0.29, 0.717) is 0 Å². The van der Waals surface area contributed by atoms with Crippen LogP contribution in [-0.4, -0.2) is 22.9 Å². The van der Waals surface area contributed by atoms with Crippen LogP contribution in [0.15, 0.2) is 146 Å². The molecule has 1 aromatic heterocycles. The lowest BCUT2D eigenvalue weighted by molar-refractivity contribution is 0.00578. The van der Waals surface area contributed by atoms with Crippen molar-refractivity contribution in [2.45, 2.75) is 44.3 Å². The lowest BCUT2D eigenvalue weighted by Gasteiger charge is -2.42. The topological polar surface area (TPSA) is 23.4 Å². The van der Waals surface area contributed by atoms with E-state index in [1.807, 2.05) is 0 Å². The summed E-state index contributed by atoms with van der Waals surface area (Å²) in [4.78, 5) is 0. The van der Waals surface area contributed by atoms with Gasteiger partial charge in [-0.2, -0.15) is 0 Å². The Kier molecular flexibility index (Phi) is 5.68. The summed E-state index contributed by atoms with van der Waals surface area (Å²) in [6, 6.07) is 54.5. The molecule has 1 saturated heterocycles. The van der Waals surface area contributed by atoms with Crippen molar-refractivity contribution in [1.29, 1.82) is 0 Å². The molecule has 0 bridgehead atoms. The number of benzene rings is 8. The maximum absolute atomic E-state index is 6.53. The van der Waals surface area contributed by atoms with Crippen molar-refractivity contribution in [3.05, 3.63) is 168 Å². The molecule has 1 fully saturated rings. The molecule has 1 atom stereocenters. The first kappa shape index (κ1) is 29.3. The van der Waals surface area contributed by atoms with Crippen LogP contribution >= 0.6 is 0 Å². The van der Waals surface area contributed by atoms with Crippen LogP contribution in [0.5, 0.6) is 0 Å². The molecule has 51 heavy (non-hydrogen) atoms. The Morgan fingerprint density at radius 2 is 1.08 bits per heavy atom. The van der Waals surface area contributed by atoms with Gasteiger partial charge in [-0.25, -0.2) is 0 Å². The zero-order valence-corrected chi connectivity index (χ0v) is 29.2. The van der Waals surface area contributed by atoms with Crippen molar-refractivity contribution < 1.29 is 9.31 Å². The second-order valence-corrected chi connectivity index (χ2v) is 15.5. The summed E-state index contributed by atoms with van der Waals surface area (Å²) in [5.74, 6) is 0. The summed E-state index contributed by atoms with van der Waals surface area (Å²) in [6.45, 7) is 8.46. The summed E-state index contributed by atoms with van der Waals surface area (Å²) in [5, 5.41) is 10.3. The predicted octanol–water partition coefficient (Wildman–Crippen LogP) is 10.7. The van der Waals surface area contributed by atoms with E-state index in [-0.39, 0.29) is 0 Å². The molecule has 3 heterocycles. The zero-order chi connectivity index (χ0) is 34.3. The second kappa shape index (κ2) is 9.88. The highest BCUT2D eigenvalue weighted by Crippen LogP contribution is 2.56. The van der Waals surface area contributed by atoms with Crippen LogP contribution in [0.4, 0.5) is 0 Å². The normalized spacial score (nSPS) is 19.2. The quantitative estimate of drug-likeness (QED) is 0.139. The lowest BCUT2D eigenvalue weighted by Crippen LogP contribution is -2.41. The highest BCUT2D eigenvalue weighted by atomic mass is 16.7. The minimum absolute atomic E-state index is 0.412. The number of aromatic nitrogens is 1. The number of fused-ring (bicyclic) bond motifs is 5. The van der Waals surface area contributed by atoms with Gasteiger partial charge in [0.1, 0.15) is 0 Å². The van der Waals surface area contributed by atoms with E-state index in [1.165, 1.54) is 82.1 Å². The van der Waals surface area contributed by atoms with Crippen LogP contribution in [0, 0.1) is 0 Å². The highest BCUT2D eigenvalue weighted by molar-refractivity contribution is 6.62. The van der Waals surface area contributed by atoms with Gasteiger partial charge < -0.3 is 13.9 Å². The Morgan fingerprint density at radius 1 is 0.471 bits per heavy atom. The van der Waals surface area contributed by atoms with E-state index >= 15 is 0 Å². The minimum Gasteiger partial charge on any atom is -0.399 e. The molecular formula is C47H36BNO2. The van der Waals surface area contributed by atoms with Crippen molar-refractivity contribution in [1.82, 2.24) is 4.57 Å². The number of hydrogen-bond acceptors (Lipinski definition) is 2. The molecule has 4 heteroatoms. The monoisotopic (exact) mass is 657 g/mol. The zero-order valence-electron chi connectivity index (χ0n) is 29.2. The first-order valence-electron chi connectivity index (χ1n) is 18.0. The van der Waals surface area contributed by atoms with Gasteiger partial charge in [0.25, 0.3) is 0 Å². The van der Waals surface area contributed by atoms with Crippen molar-refractivity contribution in [2.75, 3.05) is 0 Å². The van der Waals surface area contributed by atoms with E-state index in [9.17, 15) is 0 Å². The van der Waals surface area contributed by atoms with Gasteiger partial charge >= 0.3 is 7.12 Å². The van der Waals surface area contributed by atoms with Gasteiger partial charge in [-0.15, -0.1) is 0 Å². The van der Waals surface area contributed by atoms with Crippen LogP contribution in [-0.2, 0) is 14.7 Å². The molecule has 0 spiro atoms. The van der Waals surface area contributed by atoms with Crippen molar-refractivity contribution in [3.8, 4) is 5.69 Å². The Hall–Kier alpha value is -5.42. The first-order valence-corrected chi connectivity index (χ1v) is 18.0. The van der Waals surface area contributed by atoms with Gasteiger partial charge in [0.15, 0.2) is 0 Å². The van der Waals surface area contributed by atoms with E-state index < -0.39 is 23.7 Å². The van der Waals surface area contributed by atoms with Crippen LogP contribution in [0.2, 0.25) is 0 Å². The van der Waals surface area contributed by atoms with Gasteiger partial charge in [-0.1, -0.05) is 133 Å². The fourth-order valence-corrected chi connectivity index (χ4v) is 9.39. The molecule has 0 saturated carbocycles. The largest absolute Gasteiger partial charge is 0.494 e. The summed E-state index contributed by atoms with van der Waals surface area (Å²) >= 11 is 0. The number of nitrogens with zero attached hydrogens (tertiary/aromatic N) is 1. The van der Waals surface area contributed by atoms with Gasteiger partial charge in [-0.3, -0.25) is 0 Å². The third-order valence-electron chi connectivity index (χ3n) is 12.4. The number of hydrogen-bond donors (Lipinski definition) is 0. The van der Waals surface area contributed by atoms with Crippen molar-refractivity contribution in [3.63, 3.8) is 0 Å². The Bertz CT molecular complexity index is 2850. The van der Waals surface area contributed by atoms with Gasteiger partial charge in [0.05, 0.1) is 33.3 Å². The molecule has 8 aromatic carbocycles. The van der Waals surface area contributed by atoms with Crippen LogP contribution in [0.3, 0.4) is 0 Å². The predicted molar refractivity (Wildman–Crippen MR) is 212 cm³/mol. The second-order valence-electron chi connectivity index (χ2n) is 15.5. The van der Waals surface area contributed by atoms with Crippen molar-refractivity contribution >= 4 is 66.7 Å². The summed E-state index contributed by atoms with van der Waals surface area (Å²) < 4.78 is 15.6. The summed E-state index contributed by atoms with van der Waals surface area (Å²) in [7, 11) is -0.431. The summed E-state index contributed by atoms with van der Waals surface area (Å²) in [5.41, 5.74) is 8.33. The lowest BCUT2D eigenvalue weighted by atomic mass is 9.61. The minimum atomic E-state index is -0.628. The van der Waals surface area contributed by atoms with E-state index in [4.69, 9.17) is 9.31 Å². The SMILES string of the molecule is CC1(C)OB(c2ccc(C3(c4ccc5ccc6cccc7ccc4c5c67)c4ccccc4-n4c5ccccc5c5cccc3c54)cc2)OC1(C)C. The molecule has 244 valence electrons. The van der Waals surface area contributed by atoms with E-state index in [2.05, 4.69) is 178 Å². The maximum atomic E-state index is 6.53. The molecular weight excluding hydrogens is 621 g/mol. The molecule has 11 rings (SSSR count). The Morgan fingerprint density at radius 3 is 1.86 bits per heavy atom. The summed E-state index contributed by atoms with van der Waals surface area (Å²) in [6.07, 6.45) is 0. The fourth-order valence-electron chi connectivity index (χ4n) is 9.39. The maximum Gasteiger partial charge on any atom is 0.494 e. The average Bonchev–Trinajstić information content (AvgIpc) is 3.61. The van der Waals surface area contributed by atoms with E-state index in [1.54, 1.807) is 0 Å². The van der Waals surface area contributed by atoms with Crippen LogP contribution in [0.1, 0.15) is 49.9 Å². The fraction of sp³-hybridized carbons (Fsp3) is 0.149. The molecule has 2 aliphatic rings. The van der Waals surface area contributed by atoms with Crippen molar-refractivity contribution in [2.24, 2.45) is 0 Å². The standard InChI is InChI=1S/C47H36BNO2/c1-45(2)46(3,4)51-48(50-45)33-25-23-32(24-26-33)47(37-28-22-31-20-19-29-11-9-12-30-21-27-36(37)43(31)42(29)30)38-15-6-8-18-41(38)49-40-17-7-5-13-34(40)35-14-10-16-39(47)44(35)49/h5-28H,1-4H3. The average molecular weight is 658 g/mol. The van der Waals surface area contributed by atoms with Crippen LogP contribution < -0.4 is 5.46 Å². The third kappa shape index (κ3) is 3.66. The Balaban J connectivity index is 1.28. The number of para-hydroxylation sites is 3. The van der Waals surface area contributed by atoms with Gasteiger partial charge in [0.2, 0.25) is 0 Å². The van der Waals surface area contributed by atoms with Crippen LogP contribution in [0.25, 0.3) is 59.8 Å². The molecule has 9 aromatic rings. The molecule has 3 nitrogen and oxygen atoms in total. The molecule has 0 N–H and O–H groups in total. The molecule has 0 aliphatic carbocycles. The first-order chi connectivity index (χ1) is 24.8. The smallest absolute Gasteiger partial charge is 0.399 e. The molecule has 2 aliphatic heterocycles. The molecule has 1 unspecified atom stereocenters. The number of rotatable bonds is 3.